The number of nitrogen functional groups attached to an aromatic ring is 1. The van der Waals surface area contributed by atoms with Gasteiger partial charge in [0.15, 0.2) is 0 Å². The number of hydrogen-bond donors (Lipinski definition) is 3. The van der Waals surface area contributed by atoms with Crippen LogP contribution in [0, 0.1) is 18.8 Å². The predicted octanol–water partition coefficient (Wildman–Crippen LogP) is 0.278. The lowest BCUT2D eigenvalue weighted by Gasteiger charge is -2.21. The molecule has 0 bridgehead atoms. The smallest absolute Gasteiger partial charge is 0.148 e. The molecule has 1 saturated carbocycles. The van der Waals surface area contributed by atoms with Crippen LogP contribution in [-0.2, 0) is 0 Å². The highest BCUT2D eigenvalue weighted by Gasteiger charge is 2.42. The number of nitrogens with zero attached hydrogens (tertiary/aromatic N) is 3. The summed E-state index contributed by atoms with van der Waals surface area (Å²) in [6.07, 6.45) is 3.45. The number of nitrogens with one attached hydrogen (secondary N) is 1. The van der Waals surface area contributed by atoms with Crippen molar-refractivity contribution in [3.63, 3.8) is 0 Å². The van der Waals surface area contributed by atoms with E-state index in [-0.39, 0.29) is 6.10 Å². The van der Waals surface area contributed by atoms with Crippen LogP contribution in [0.25, 0.3) is 0 Å². The zero-order valence-corrected chi connectivity index (χ0v) is 10.5. The first-order valence-corrected chi connectivity index (χ1v) is 6.42. The largest absolute Gasteiger partial charge is 0.393 e. The molecule has 98 valence electrons. The maximum atomic E-state index is 9.94. The normalized spacial score (nSPS) is 30.6. The minimum Gasteiger partial charge on any atom is -0.393 e. The maximum absolute atomic E-state index is 9.94. The third-order valence-electron chi connectivity index (χ3n) is 4.31. The Balaban J connectivity index is 1.85. The first kappa shape index (κ1) is 11.7. The minimum absolute atomic E-state index is 0.144. The number of nitrogens with two attached hydrogens (primary N) is 1. The Bertz CT molecular complexity index is 452. The quantitative estimate of drug-likeness (QED) is 0.515. The van der Waals surface area contributed by atoms with Crippen molar-refractivity contribution in [1.29, 1.82) is 0 Å². The van der Waals surface area contributed by atoms with E-state index in [4.69, 9.17) is 5.84 Å². The van der Waals surface area contributed by atoms with Crippen LogP contribution < -0.4 is 16.2 Å². The predicted molar refractivity (Wildman–Crippen MR) is 69.0 cm³/mol. The van der Waals surface area contributed by atoms with Crippen molar-refractivity contribution in [2.24, 2.45) is 17.7 Å². The lowest BCUT2D eigenvalue weighted by molar-refractivity contribution is 0.133. The lowest BCUT2D eigenvalue weighted by Crippen LogP contribution is -2.26. The van der Waals surface area contributed by atoms with Crippen molar-refractivity contribution in [3.8, 4) is 0 Å². The minimum atomic E-state index is -0.144. The number of aromatic nitrogens is 2. The molecule has 0 aromatic carbocycles. The summed E-state index contributed by atoms with van der Waals surface area (Å²) in [6, 6.07) is 0. The molecule has 1 aromatic heterocycles. The molecule has 3 rings (SSSR count). The van der Waals surface area contributed by atoms with Crippen LogP contribution in [0.15, 0.2) is 6.33 Å². The van der Waals surface area contributed by atoms with Gasteiger partial charge in [0, 0.05) is 24.6 Å². The molecule has 2 fully saturated rings. The molecule has 0 amide bonds. The standard InChI is InChI=1S/C12H19N5O/c1-7-11(16-13)14-6-15-12(7)17-4-8-2-3-10(18)9(8)5-17/h6,8-10,18H,2-5,13H2,1H3,(H,14,15,16). The highest BCUT2D eigenvalue weighted by molar-refractivity contribution is 5.58. The summed E-state index contributed by atoms with van der Waals surface area (Å²) in [5.74, 6) is 8.03. The molecule has 6 heteroatoms. The van der Waals surface area contributed by atoms with Gasteiger partial charge in [0.05, 0.1) is 6.10 Å². The van der Waals surface area contributed by atoms with Crippen molar-refractivity contribution in [2.45, 2.75) is 25.9 Å². The molecule has 1 saturated heterocycles. The second-order valence-corrected chi connectivity index (χ2v) is 5.29. The van der Waals surface area contributed by atoms with Crippen molar-refractivity contribution in [1.82, 2.24) is 9.97 Å². The summed E-state index contributed by atoms with van der Waals surface area (Å²) < 4.78 is 0. The Morgan fingerprint density at radius 1 is 1.39 bits per heavy atom. The first-order chi connectivity index (χ1) is 8.70. The Kier molecular flexibility index (Phi) is 2.83. The third kappa shape index (κ3) is 1.72. The number of hydrazine groups is 1. The van der Waals surface area contributed by atoms with E-state index in [1.54, 1.807) is 0 Å². The summed E-state index contributed by atoms with van der Waals surface area (Å²) in [6.45, 7) is 3.83. The molecule has 18 heavy (non-hydrogen) atoms. The molecule has 1 aliphatic carbocycles. The number of anilines is 2. The van der Waals surface area contributed by atoms with E-state index in [1.165, 1.54) is 6.33 Å². The van der Waals surface area contributed by atoms with Gasteiger partial charge in [-0.3, -0.25) is 0 Å². The van der Waals surface area contributed by atoms with Gasteiger partial charge in [0.25, 0.3) is 0 Å². The van der Waals surface area contributed by atoms with Crippen LogP contribution in [0.3, 0.4) is 0 Å². The molecule has 2 heterocycles. The average molecular weight is 249 g/mol. The molecule has 1 aromatic rings. The Hall–Kier alpha value is -1.40. The molecule has 0 radical (unpaired) electrons. The number of aliphatic hydroxyl groups excluding tert-OH is 1. The highest BCUT2D eigenvalue weighted by atomic mass is 16.3. The maximum Gasteiger partial charge on any atom is 0.148 e. The fourth-order valence-corrected chi connectivity index (χ4v) is 3.31. The topological polar surface area (TPSA) is 87.3 Å². The Labute approximate surface area is 106 Å². The van der Waals surface area contributed by atoms with Crippen molar-refractivity contribution in [2.75, 3.05) is 23.4 Å². The van der Waals surface area contributed by atoms with Gasteiger partial charge in [-0.15, -0.1) is 0 Å². The van der Waals surface area contributed by atoms with Crippen LogP contribution in [0.5, 0.6) is 0 Å². The summed E-state index contributed by atoms with van der Waals surface area (Å²) in [7, 11) is 0. The zero-order valence-electron chi connectivity index (χ0n) is 10.5. The molecule has 3 atom stereocenters. The Morgan fingerprint density at radius 2 is 2.22 bits per heavy atom. The SMILES string of the molecule is Cc1c(NN)ncnc1N1CC2CCC(O)C2C1. The summed E-state index contributed by atoms with van der Waals surface area (Å²) in [5, 5.41) is 9.94. The molecular weight excluding hydrogens is 230 g/mol. The summed E-state index contributed by atoms with van der Waals surface area (Å²) >= 11 is 0. The average Bonchev–Trinajstić information content (AvgIpc) is 2.92. The molecule has 3 unspecified atom stereocenters. The van der Waals surface area contributed by atoms with Crippen LogP contribution in [0.1, 0.15) is 18.4 Å². The molecule has 6 nitrogen and oxygen atoms in total. The van der Waals surface area contributed by atoms with Crippen LogP contribution >= 0.6 is 0 Å². The van der Waals surface area contributed by atoms with Gasteiger partial charge in [0.2, 0.25) is 0 Å². The number of rotatable bonds is 2. The Morgan fingerprint density at radius 3 is 2.94 bits per heavy atom. The summed E-state index contributed by atoms with van der Waals surface area (Å²) in [4.78, 5) is 10.7. The molecular formula is C12H19N5O. The lowest BCUT2D eigenvalue weighted by atomic mass is 10.00. The van der Waals surface area contributed by atoms with Gasteiger partial charge in [0.1, 0.15) is 18.0 Å². The fourth-order valence-electron chi connectivity index (χ4n) is 3.31. The monoisotopic (exact) mass is 249 g/mol. The molecule has 0 spiro atoms. The van der Waals surface area contributed by atoms with Crippen LogP contribution in [0.4, 0.5) is 11.6 Å². The van der Waals surface area contributed by atoms with Crippen molar-refractivity contribution >= 4 is 11.6 Å². The highest BCUT2D eigenvalue weighted by Crippen LogP contribution is 2.40. The van der Waals surface area contributed by atoms with E-state index in [9.17, 15) is 5.11 Å². The van der Waals surface area contributed by atoms with E-state index in [1.807, 2.05) is 6.92 Å². The van der Waals surface area contributed by atoms with E-state index >= 15 is 0 Å². The summed E-state index contributed by atoms with van der Waals surface area (Å²) in [5.41, 5.74) is 3.56. The first-order valence-electron chi connectivity index (χ1n) is 6.42. The number of aliphatic hydroxyl groups is 1. The number of fused-ring (bicyclic) bond motifs is 1. The van der Waals surface area contributed by atoms with Gasteiger partial charge in [-0.25, -0.2) is 15.8 Å². The van der Waals surface area contributed by atoms with E-state index < -0.39 is 0 Å². The van der Waals surface area contributed by atoms with Crippen molar-refractivity contribution in [3.05, 3.63) is 11.9 Å². The van der Waals surface area contributed by atoms with Crippen LogP contribution in [0.2, 0.25) is 0 Å². The molecule has 4 N–H and O–H groups in total. The molecule has 2 aliphatic rings. The fraction of sp³-hybridized carbons (Fsp3) is 0.667. The number of hydrogen-bond acceptors (Lipinski definition) is 6. The van der Waals surface area contributed by atoms with Gasteiger partial charge in [-0.05, 0) is 25.7 Å². The zero-order chi connectivity index (χ0) is 12.7. The second-order valence-electron chi connectivity index (χ2n) is 5.29. The van der Waals surface area contributed by atoms with Gasteiger partial charge < -0.3 is 15.4 Å². The van der Waals surface area contributed by atoms with Gasteiger partial charge >= 0.3 is 0 Å². The second kappa shape index (κ2) is 4.37. The van der Waals surface area contributed by atoms with E-state index in [2.05, 4.69) is 20.3 Å². The molecule has 1 aliphatic heterocycles. The van der Waals surface area contributed by atoms with Gasteiger partial charge in [-0.1, -0.05) is 0 Å². The van der Waals surface area contributed by atoms with Crippen LogP contribution in [-0.4, -0.2) is 34.3 Å². The van der Waals surface area contributed by atoms with Gasteiger partial charge in [-0.2, -0.15) is 0 Å². The van der Waals surface area contributed by atoms with E-state index in [0.717, 1.165) is 37.3 Å². The third-order valence-corrected chi connectivity index (χ3v) is 4.31. The van der Waals surface area contributed by atoms with E-state index in [0.29, 0.717) is 17.7 Å². The van der Waals surface area contributed by atoms with Crippen molar-refractivity contribution < 1.29 is 5.11 Å².